The number of benzene rings is 1. The number of rotatable bonds is 4. The second-order valence-electron chi connectivity index (χ2n) is 4.64. The Morgan fingerprint density at radius 1 is 1.22 bits per heavy atom. The van der Waals surface area contributed by atoms with Gasteiger partial charge in [0.15, 0.2) is 11.5 Å². The molecule has 2 rings (SSSR count). The molecule has 0 radical (unpaired) electrons. The van der Waals surface area contributed by atoms with Crippen molar-refractivity contribution in [1.82, 2.24) is 0 Å². The van der Waals surface area contributed by atoms with E-state index in [1.165, 1.54) is 0 Å². The first-order chi connectivity index (χ1) is 8.59. The zero-order valence-electron chi connectivity index (χ0n) is 11.2. The van der Waals surface area contributed by atoms with Crippen LogP contribution in [-0.4, -0.2) is 20.3 Å². The van der Waals surface area contributed by atoms with Crippen LogP contribution in [0.1, 0.15) is 29.5 Å². The van der Waals surface area contributed by atoms with Gasteiger partial charge in [0.05, 0.1) is 19.8 Å². The number of ether oxygens (including phenoxy) is 2. The van der Waals surface area contributed by atoms with Crippen LogP contribution in [0.15, 0.2) is 11.1 Å². The maximum atomic E-state index is 10.6. The van der Waals surface area contributed by atoms with E-state index in [-0.39, 0.29) is 5.54 Å². The molecule has 0 bridgehead atoms. The molecule has 18 heavy (non-hydrogen) atoms. The molecule has 0 unspecified atom stereocenters. The monoisotopic (exact) mass is 247 g/mol. The summed E-state index contributed by atoms with van der Waals surface area (Å²) in [7, 11) is 3.24. The van der Waals surface area contributed by atoms with Crippen LogP contribution in [-0.2, 0) is 10.3 Å². The summed E-state index contributed by atoms with van der Waals surface area (Å²) in [4.78, 5) is 14.5. The topological polar surface area (TPSA) is 47.9 Å². The van der Waals surface area contributed by atoms with Crippen LogP contribution < -0.4 is 9.47 Å². The zero-order valence-corrected chi connectivity index (χ0v) is 11.2. The van der Waals surface area contributed by atoms with Gasteiger partial charge in [-0.2, -0.15) is 4.99 Å². The minimum atomic E-state index is -0.379. The van der Waals surface area contributed by atoms with Crippen LogP contribution in [0.5, 0.6) is 11.5 Å². The molecule has 1 aliphatic carbocycles. The van der Waals surface area contributed by atoms with Gasteiger partial charge in [-0.1, -0.05) is 0 Å². The highest BCUT2D eigenvalue weighted by Gasteiger charge is 2.46. The minimum Gasteiger partial charge on any atom is -0.493 e. The first kappa shape index (κ1) is 12.7. The molecule has 0 aliphatic heterocycles. The van der Waals surface area contributed by atoms with E-state index >= 15 is 0 Å². The third-order valence-corrected chi connectivity index (χ3v) is 3.71. The van der Waals surface area contributed by atoms with Crippen molar-refractivity contribution in [3.05, 3.63) is 22.8 Å². The molecule has 96 valence electrons. The van der Waals surface area contributed by atoms with E-state index in [4.69, 9.17) is 9.47 Å². The average molecular weight is 247 g/mol. The Morgan fingerprint density at radius 3 is 2.33 bits per heavy atom. The summed E-state index contributed by atoms with van der Waals surface area (Å²) in [5.41, 5.74) is 2.79. The second kappa shape index (κ2) is 4.46. The van der Waals surface area contributed by atoms with Crippen molar-refractivity contribution in [2.75, 3.05) is 14.2 Å². The fourth-order valence-corrected chi connectivity index (χ4v) is 2.40. The van der Waals surface area contributed by atoms with Crippen molar-refractivity contribution in [3.8, 4) is 11.5 Å². The maximum Gasteiger partial charge on any atom is 0.235 e. The van der Waals surface area contributed by atoms with Crippen molar-refractivity contribution in [1.29, 1.82) is 0 Å². The predicted octanol–water partition coefficient (Wildman–Crippen LogP) is 2.65. The molecular formula is C14H17NO3. The molecule has 0 amide bonds. The van der Waals surface area contributed by atoms with Crippen LogP contribution >= 0.6 is 0 Å². The van der Waals surface area contributed by atoms with Crippen LogP contribution in [0.25, 0.3) is 0 Å². The molecule has 0 atom stereocenters. The van der Waals surface area contributed by atoms with Gasteiger partial charge in [-0.15, -0.1) is 0 Å². The summed E-state index contributed by atoms with van der Waals surface area (Å²) in [6, 6.07) is 1.93. The minimum absolute atomic E-state index is 0.379. The van der Waals surface area contributed by atoms with Gasteiger partial charge >= 0.3 is 0 Å². The fourth-order valence-electron chi connectivity index (χ4n) is 2.40. The van der Waals surface area contributed by atoms with Gasteiger partial charge in [0.2, 0.25) is 6.08 Å². The van der Waals surface area contributed by atoms with Crippen LogP contribution in [0.4, 0.5) is 0 Å². The molecule has 0 N–H and O–H groups in total. The molecular weight excluding hydrogens is 230 g/mol. The first-order valence-electron chi connectivity index (χ1n) is 5.91. The third kappa shape index (κ3) is 1.79. The predicted molar refractivity (Wildman–Crippen MR) is 68.1 cm³/mol. The molecule has 4 nitrogen and oxygen atoms in total. The van der Waals surface area contributed by atoms with Crippen molar-refractivity contribution in [3.63, 3.8) is 0 Å². The number of aliphatic imine (C=N–C) groups is 1. The van der Waals surface area contributed by atoms with Crippen molar-refractivity contribution in [2.45, 2.75) is 32.2 Å². The summed E-state index contributed by atoms with van der Waals surface area (Å²) in [6.07, 6.45) is 3.46. The highest BCUT2D eigenvalue weighted by atomic mass is 16.5. The van der Waals surface area contributed by atoms with E-state index in [0.717, 1.165) is 35.3 Å². The molecule has 1 aromatic carbocycles. The second-order valence-corrected chi connectivity index (χ2v) is 4.64. The Bertz CT molecular complexity index is 526. The quantitative estimate of drug-likeness (QED) is 0.607. The molecule has 1 aliphatic rings. The Morgan fingerprint density at radius 2 is 1.89 bits per heavy atom. The fraction of sp³-hybridized carbons (Fsp3) is 0.500. The summed E-state index contributed by atoms with van der Waals surface area (Å²) < 4.78 is 10.7. The van der Waals surface area contributed by atoms with E-state index in [1.807, 2.05) is 19.9 Å². The SMILES string of the molecule is COc1cc(C2(N=C=O)CC2)c(C)c(C)c1OC. The molecule has 1 saturated carbocycles. The lowest BCUT2D eigenvalue weighted by Crippen LogP contribution is -2.08. The standard InChI is InChI=1S/C14H17NO3/c1-9-10(2)13(18-4)12(17-3)7-11(9)14(5-6-14)15-8-16/h7H,5-6H2,1-4H3. The van der Waals surface area contributed by atoms with E-state index < -0.39 is 0 Å². The third-order valence-electron chi connectivity index (χ3n) is 3.71. The lowest BCUT2D eigenvalue weighted by atomic mass is 9.94. The number of nitrogens with zero attached hydrogens (tertiary/aromatic N) is 1. The van der Waals surface area contributed by atoms with E-state index in [9.17, 15) is 4.79 Å². The lowest BCUT2D eigenvalue weighted by Gasteiger charge is -2.19. The summed E-state index contributed by atoms with van der Waals surface area (Å²) in [5.74, 6) is 1.42. The number of hydrogen-bond donors (Lipinski definition) is 0. The van der Waals surface area contributed by atoms with E-state index in [0.29, 0.717) is 5.75 Å². The van der Waals surface area contributed by atoms with Gasteiger partial charge in [0, 0.05) is 0 Å². The number of carbonyl (C=O) groups excluding carboxylic acids is 1. The summed E-state index contributed by atoms with van der Waals surface area (Å²) >= 11 is 0. The number of methoxy groups -OCH3 is 2. The largest absolute Gasteiger partial charge is 0.493 e. The Balaban J connectivity index is 2.63. The van der Waals surface area contributed by atoms with Crippen LogP contribution in [0.3, 0.4) is 0 Å². The lowest BCUT2D eigenvalue weighted by molar-refractivity contribution is 0.351. The summed E-state index contributed by atoms with van der Waals surface area (Å²) in [6.45, 7) is 4.01. The molecule has 0 saturated heterocycles. The van der Waals surface area contributed by atoms with Gasteiger partial charge < -0.3 is 9.47 Å². The van der Waals surface area contributed by atoms with Gasteiger partial charge in [0.1, 0.15) is 0 Å². The van der Waals surface area contributed by atoms with Crippen molar-refractivity contribution in [2.24, 2.45) is 4.99 Å². The van der Waals surface area contributed by atoms with E-state index in [2.05, 4.69) is 4.99 Å². The molecule has 0 spiro atoms. The number of isocyanates is 1. The Labute approximate surface area is 107 Å². The molecule has 0 heterocycles. The number of hydrogen-bond acceptors (Lipinski definition) is 4. The average Bonchev–Trinajstić information content (AvgIpc) is 3.13. The van der Waals surface area contributed by atoms with Gasteiger partial charge in [-0.05, 0) is 49.4 Å². The molecule has 1 aromatic rings. The van der Waals surface area contributed by atoms with Crippen LogP contribution in [0, 0.1) is 13.8 Å². The van der Waals surface area contributed by atoms with Gasteiger partial charge in [-0.25, -0.2) is 4.79 Å². The molecule has 0 aromatic heterocycles. The highest BCUT2D eigenvalue weighted by Crippen LogP contribution is 2.53. The summed E-state index contributed by atoms with van der Waals surface area (Å²) in [5, 5.41) is 0. The van der Waals surface area contributed by atoms with Crippen molar-refractivity contribution < 1.29 is 14.3 Å². The van der Waals surface area contributed by atoms with Crippen molar-refractivity contribution >= 4 is 6.08 Å². The smallest absolute Gasteiger partial charge is 0.235 e. The van der Waals surface area contributed by atoms with E-state index in [1.54, 1.807) is 20.3 Å². The normalized spacial score (nSPS) is 15.8. The Kier molecular flexibility index (Phi) is 3.14. The highest BCUT2D eigenvalue weighted by molar-refractivity contribution is 5.57. The maximum absolute atomic E-state index is 10.6. The first-order valence-corrected chi connectivity index (χ1v) is 5.91. The zero-order chi connectivity index (χ0) is 13.3. The van der Waals surface area contributed by atoms with Crippen LogP contribution in [0.2, 0.25) is 0 Å². The molecule has 1 fully saturated rings. The Hall–Kier alpha value is -1.80. The molecule has 4 heteroatoms. The van der Waals surface area contributed by atoms with Gasteiger partial charge in [-0.3, -0.25) is 0 Å². The van der Waals surface area contributed by atoms with Gasteiger partial charge in [0.25, 0.3) is 0 Å².